The van der Waals surface area contributed by atoms with Crippen molar-refractivity contribution in [2.24, 2.45) is 10.9 Å². The number of carbonyl (C=O) groups excluding carboxylic acids is 1. The number of hydrogen-bond donors (Lipinski definition) is 0. The predicted octanol–water partition coefficient (Wildman–Crippen LogP) is 3.09. The lowest BCUT2D eigenvalue weighted by molar-refractivity contribution is -0.118. The van der Waals surface area contributed by atoms with Gasteiger partial charge >= 0.3 is 0 Å². The minimum atomic E-state index is -0.714. The van der Waals surface area contributed by atoms with E-state index in [2.05, 4.69) is 10.9 Å². The molecule has 2 aromatic rings. The Morgan fingerprint density at radius 2 is 2.19 bits per heavy atom. The molecule has 1 aromatic heterocycles. The van der Waals surface area contributed by atoms with Gasteiger partial charge in [0.2, 0.25) is 5.91 Å². The normalized spacial score (nSPS) is 12.1. The molecule has 0 saturated carbocycles. The number of aromatic nitrogens is 1. The van der Waals surface area contributed by atoms with Crippen molar-refractivity contribution in [3.05, 3.63) is 28.6 Å². The zero-order chi connectivity index (χ0) is 15.6. The summed E-state index contributed by atoms with van der Waals surface area (Å²) in [5, 5.41) is 0. The maximum atomic E-state index is 13.9. The van der Waals surface area contributed by atoms with Crippen LogP contribution in [0.2, 0.25) is 0 Å². The molecule has 0 saturated heterocycles. The van der Waals surface area contributed by atoms with Crippen molar-refractivity contribution in [3.8, 4) is 12.3 Å². The van der Waals surface area contributed by atoms with Gasteiger partial charge in [-0.25, -0.2) is 8.78 Å². The molecule has 0 fully saturated rings. The average molecular weight is 308 g/mol. The number of rotatable bonds is 3. The summed E-state index contributed by atoms with van der Waals surface area (Å²) in [5.41, 5.74) is 0.176. The number of nitrogens with zero attached hydrogens (tertiary/aromatic N) is 2. The fourth-order valence-electron chi connectivity index (χ4n) is 1.95. The van der Waals surface area contributed by atoms with E-state index in [0.29, 0.717) is 11.1 Å². The standard InChI is InChI=1S/C15H14F2N2OS/c1-4-5-19-14-11(17)7-10(16)8-12(14)21-15(19)18-13(20)6-9(2)3/h1,7-9H,5-6H2,2-3H3. The van der Waals surface area contributed by atoms with Crippen molar-refractivity contribution >= 4 is 27.5 Å². The quantitative estimate of drug-likeness (QED) is 0.802. The fraction of sp³-hybridized carbons (Fsp3) is 0.333. The Balaban J connectivity index is 2.66. The molecule has 1 amide bonds. The lowest BCUT2D eigenvalue weighted by Gasteiger charge is -2.01. The molecule has 0 N–H and O–H groups in total. The number of benzene rings is 1. The highest BCUT2D eigenvalue weighted by molar-refractivity contribution is 7.16. The van der Waals surface area contributed by atoms with E-state index in [4.69, 9.17) is 6.42 Å². The zero-order valence-corrected chi connectivity index (χ0v) is 12.5. The van der Waals surface area contributed by atoms with E-state index in [1.165, 1.54) is 10.6 Å². The van der Waals surface area contributed by atoms with Crippen LogP contribution in [0.5, 0.6) is 0 Å². The molecule has 0 aliphatic carbocycles. The maximum absolute atomic E-state index is 13.9. The van der Waals surface area contributed by atoms with E-state index in [-0.39, 0.29) is 28.7 Å². The largest absolute Gasteiger partial charge is 0.302 e. The Kier molecular flexibility index (Phi) is 4.53. The number of fused-ring (bicyclic) bond motifs is 1. The van der Waals surface area contributed by atoms with Crippen molar-refractivity contribution in [1.29, 1.82) is 0 Å². The summed E-state index contributed by atoms with van der Waals surface area (Å²) in [5.74, 6) is 0.880. The van der Waals surface area contributed by atoms with E-state index in [1.54, 1.807) is 0 Å². The maximum Gasteiger partial charge on any atom is 0.248 e. The number of halogens is 2. The van der Waals surface area contributed by atoms with Gasteiger partial charge in [-0.2, -0.15) is 4.99 Å². The molecule has 1 heterocycles. The highest BCUT2D eigenvalue weighted by Crippen LogP contribution is 2.22. The van der Waals surface area contributed by atoms with E-state index < -0.39 is 11.6 Å². The Morgan fingerprint density at radius 1 is 1.48 bits per heavy atom. The summed E-state index contributed by atoms with van der Waals surface area (Å²) in [6, 6.07) is 2.00. The van der Waals surface area contributed by atoms with Crippen LogP contribution in [0, 0.1) is 29.9 Å². The van der Waals surface area contributed by atoms with Crippen LogP contribution in [0.4, 0.5) is 8.78 Å². The molecule has 6 heteroatoms. The number of thiazole rings is 1. The van der Waals surface area contributed by atoms with Crippen LogP contribution in [-0.4, -0.2) is 10.5 Å². The molecule has 21 heavy (non-hydrogen) atoms. The van der Waals surface area contributed by atoms with E-state index in [1.807, 2.05) is 13.8 Å². The molecule has 0 radical (unpaired) electrons. The predicted molar refractivity (Wildman–Crippen MR) is 78.6 cm³/mol. The Hall–Kier alpha value is -2.00. The molecule has 0 aliphatic rings. The summed E-state index contributed by atoms with van der Waals surface area (Å²) in [4.78, 5) is 16.1. The topological polar surface area (TPSA) is 34.4 Å². The van der Waals surface area contributed by atoms with Crippen LogP contribution < -0.4 is 4.80 Å². The smallest absolute Gasteiger partial charge is 0.248 e. The van der Waals surface area contributed by atoms with E-state index >= 15 is 0 Å². The summed E-state index contributed by atoms with van der Waals surface area (Å²) >= 11 is 1.05. The van der Waals surface area contributed by atoms with Gasteiger partial charge in [0, 0.05) is 12.5 Å². The van der Waals surface area contributed by atoms with Gasteiger partial charge in [0.1, 0.15) is 5.82 Å². The first-order valence-electron chi connectivity index (χ1n) is 6.41. The molecular weight excluding hydrogens is 294 g/mol. The zero-order valence-electron chi connectivity index (χ0n) is 11.7. The molecule has 0 unspecified atom stereocenters. The Bertz CT molecular complexity index is 796. The molecule has 2 rings (SSSR count). The third-order valence-electron chi connectivity index (χ3n) is 2.75. The van der Waals surface area contributed by atoms with Crippen molar-refractivity contribution in [2.45, 2.75) is 26.8 Å². The van der Waals surface area contributed by atoms with Gasteiger partial charge in [-0.15, -0.1) is 6.42 Å². The van der Waals surface area contributed by atoms with Crippen LogP contribution in [0.15, 0.2) is 17.1 Å². The second kappa shape index (κ2) is 6.19. The highest BCUT2D eigenvalue weighted by Gasteiger charge is 2.13. The molecule has 3 nitrogen and oxygen atoms in total. The Labute approximate surface area is 124 Å². The average Bonchev–Trinajstić information content (AvgIpc) is 2.66. The third kappa shape index (κ3) is 3.37. The van der Waals surface area contributed by atoms with Gasteiger partial charge in [0.05, 0.1) is 16.8 Å². The Morgan fingerprint density at radius 3 is 2.81 bits per heavy atom. The molecule has 0 spiro atoms. The van der Waals surface area contributed by atoms with E-state index in [9.17, 15) is 13.6 Å². The van der Waals surface area contributed by atoms with Gasteiger partial charge in [-0.3, -0.25) is 4.79 Å². The van der Waals surface area contributed by atoms with Crippen molar-refractivity contribution in [1.82, 2.24) is 4.57 Å². The summed E-state index contributed by atoms with van der Waals surface area (Å²) in [7, 11) is 0. The van der Waals surface area contributed by atoms with E-state index in [0.717, 1.165) is 17.4 Å². The second-order valence-electron chi connectivity index (χ2n) is 5.01. The third-order valence-corrected chi connectivity index (χ3v) is 3.77. The number of terminal acetylenes is 1. The number of carbonyl (C=O) groups is 1. The van der Waals surface area contributed by atoms with Crippen LogP contribution in [0.3, 0.4) is 0 Å². The van der Waals surface area contributed by atoms with Crippen LogP contribution in [0.25, 0.3) is 10.2 Å². The molecule has 0 aliphatic heterocycles. The van der Waals surface area contributed by atoms with Gasteiger partial charge in [-0.05, 0) is 12.0 Å². The molecule has 110 valence electrons. The molecule has 0 atom stereocenters. The van der Waals surface area contributed by atoms with Gasteiger partial charge < -0.3 is 4.57 Å². The molecule has 0 bridgehead atoms. The first-order valence-corrected chi connectivity index (χ1v) is 7.23. The van der Waals surface area contributed by atoms with Gasteiger partial charge in [0.25, 0.3) is 0 Å². The monoisotopic (exact) mass is 308 g/mol. The van der Waals surface area contributed by atoms with Crippen molar-refractivity contribution < 1.29 is 13.6 Å². The van der Waals surface area contributed by atoms with Crippen LogP contribution in [0.1, 0.15) is 20.3 Å². The SMILES string of the molecule is C#CCn1c(=NC(=O)CC(C)C)sc2cc(F)cc(F)c21. The molecule has 1 aromatic carbocycles. The first-order chi connectivity index (χ1) is 9.92. The van der Waals surface area contributed by atoms with Gasteiger partial charge in [-0.1, -0.05) is 31.1 Å². The number of amides is 1. The first kappa shape index (κ1) is 15.4. The number of hydrogen-bond acceptors (Lipinski definition) is 2. The lowest BCUT2D eigenvalue weighted by atomic mass is 10.1. The summed E-state index contributed by atoms with van der Waals surface area (Å²) in [6.45, 7) is 3.88. The highest BCUT2D eigenvalue weighted by atomic mass is 32.1. The van der Waals surface area contributed by atoms with Crippen molar-refractivity contribution in [3.63, 3.8) is 0 Å². The lowest BCUT2D eigenvalue weighted by Crippen LogP contribution is -2.17. The molecular formula is C15H14F2N2OS. The van der Waals surface area contributed by atoms with Crippen LogP contribution >= 0.6 is 11.3 Å². The van der Waals surface area contributed by atoms with Crippen molar-refractivity contribution in [2.75, 3.05) is 0 Å². The second-order valence-corrected chi connectivity index (χ2v) is 6.02. The summed E-state index contributed by atoms with van der Waals surface area (Å²) in [6.07, 6.45) is 5.57. The summed E-state index contributed by atoms with van der Waals surface area (Å²) < 4.78 is 29.0. The van der Waals surface area contributed by atoms with Crippen LogP contribution in [-0.2, 0) is 11.3 Å². The van der Waals surface area contributed by atoms with Gasteiger partial charge in [0.15, 0.2) is 10.6 Å². The minimum Gasteiger partial charge on any atom is -0.302 e. The minimum absolute atomic E-state index is 0.0658. The fourth-order valence-corrected chi connectivity index (χ4v) is 3.04.